The molecular weight excluding hydrogens is 480 g/mol. The Morgan fingerprint density at radius 1 is 1.00 bits per heavy atom. The van der Waals surface area contributed by atoms with Crippen LogP contribution < -0.4 is 0 Å². The van der Waals surface area contributed by atoms with E-state index in [1.54, 1.807) is 23.1 Å². The molecule has 2 aromatic carbocycles. The van der Waals surface area contributed by atoms with Crippen molar-refractivity contribution in [1.82, 2.24) is 14.7 Å². The van der Waals surface area contributed by atoms with E-state index in [9.17, 15) is 22.4 Å². The van der Waals surface area contributed by atoms with Crippen LogP contribution in [0.25, 0.3) is 0 Å². The first-order valence-corrected chi connectivity index (χ1v) is 11.3. The number of halogens is 4. The quantitative estimate of drug-likeness (QED) is 0.644. The SMILES string of the molecule is O=C(O)C(F)(F)F.O=C1C2=C(CCN(Cc3ccccc3)C2)N2CCN=C2N1Cc1ccccc1F. The fourth-order valence-electron chi connectivity index (χ4n) is 4.39. The van der Waals surface area contributed by atoms with Crippen molar-refractivity contribution in [3.63, 3.8) is 0 Å². The summed E-state index contributed by atoms with van der Waals surface area (Å²) >= 11 is 0. The number of carbonyl (C=O) groups is 2. The summed E-state index contributed by atoms with van der Waals surface area (Å²) < 4.78 is 46.0. The third-order valence-electron chi connectivity index (χ3n) is 6.06. The molecule has 0 aliphatic carbocycles. The van der Waals surface area contributed by atoms with Crippen LogP contribution in [0.2, 0.25) is 0 Å². The monoisotopic (exact) mass is 504 g/mol. The number of rotatable bonds is 4. The number of fused-ring (bicyclic) bond motifs is 2. The summed E-state index contributed by atoms with van der Waals surface area (Å²) in [7, 11) is 0. The second kappa shape index (κ2) is 10.5. The number of hydrogen-bond donors (Lipinski definition) is 1. The van der Waals surface area contributed by atoms with E-state index in [0.717, 1.165) is 37.3 Å². The van der Waals surface area contributed by atoms with E-state index in [1.165, 1.54) is 11.6 Å². The van der Waals surface area contributed by atoms with Crippen LogP contribution in [0.15, 0.2) is 70.9 Å². The van der Waals surface area contributed by atoms with E-state index >= 15 is 0 Å². The van der Waals surface area contributed by atoms with Gasteiger partial charge in [0.1, 0.15) is 5.82 Å². The van der Waals surface area contributed by atoms with Crippen LogP contribution in [0.1, 0.15) is 17.5 Å². The number of carboxylic acids is 1. The molecule has 0 fully saturated rings. The number of aliphatic imine (C=N–C) groups is 1. The fraction of sp³-hybridized carbons (Fsp3) is 0.320. The Kier molecular flexibility index (Phi) is 7.39. The largest absolute Gasteiger partial charge is 0.490 e. The lowest BCUT2D eigenvalue weighted by Crippen LogP contribution is -2.53. The topological polar surface area (TPSA) is 76.5 Å². The van der Waals surface area contributed by atoms with Crippen LogP contribution in [-0.2, 0) is 22.7 Å². The van der Waals surface area contributed by atoms with Crippen LogP contribution in [0, 0.1) is 5.82 Å². The van der Waals surface area contributed by atoms with Gasteiger partial charge in [-0.15, -0.1) is 0 Å². The maximum Gasteiger partial charge on any atom is 0.490 e. The summed E-state index contributed by atoms with van der Waals surface area (Å²) in [6, 6.07) is 17.0. The van der Waals surface area contributed by atoms with E-state index in [1.807, 2.05) is 18.2 Å². The molecule has 36 heavy (non-hydrogen) atoms. The van der Waals surface area contributed by atoms with E-state index in [0.29, 0.717) is 24.6 Å². The standard InChI is InChI=1S/C23H23FN4O.C2HF3O2/c24-20-9-5-4-8-18(20)15-28-22(29)19-16-26(14-17-6-2-1-3-7-17)12-10-21(19)27-13-11-25-23(27)28;3-2(4,5)1(6)7/h1-9H,10-16H2;(H,6,7). The third-order valence-corrected chi connectivity index (χ3v) is 6.06. The van der Waals surface area contributed by atoms with Gasteiger partial charge < -0.3 is 10.0 Å². The summed E-state index contributed by atoms with van der Waals surface area (Å²) in [6.45, 7) is 4.00. The second-order valence-corrected chi connectivity index (χ2v) is 8.49. The second-order valence-electron chi connectivity index (χ2n) is 8.49. The minimum absolute atomic E-state index is 0.0436. The van der Waals surface area contributed by atoms with Gasteiger partial charge in [-0.3, -0.25) is 19.6 Å². The van der Waals surface area contributed by atoms with Gasteiger partial charge in [-0.05, 0) is 11.6 Å². The van der Waals surface area contributed by atoms with E-state index in [-0.39, 0.29) is 18.3 Å². The number of carboxylic acid groups (broad SMARTS) is 1. The Balaban J connectivity index is 0.000000384. The Bertz CT molecular complexity index is 1200. The molecule has 0 saturated heterocycles. The zero-order valence-corrected chi connectivity index (χ0v) is 19.2. The number of carbonyl (C=O) groups excluding carboxylic acids is 1. The number of guanidine groups is 1. The molecular formula is C25H24F4N4O3. The van der Waals surface area contributed by atoms with Crippen LogP contribution in [0.3, 0.4) is 0 Å². The van der Waals surface area contributed by atoms with Gasteiger partial charge in [0.15, 0.2) is 0 Å². The van der Waals surface area contributed by atoms with Gasteiger partial charge in [0.25, 0.3) is 5.91 Å². The number of hydrogen-bond acceptors (Lipinski definition) is 5. The maximum absolute atomic E-state index is 14.2. The molecule has 0 radical (unpaired) electrons. The molecule has 0 bridgehead atoms. The van der Waals surface area contributed by atoms with Gasteiger partial charge in [0.05, 0.1) is 18.7 Å². The first-order chi connectivity index (χ1) is 17.1. The van der Waals surface area contributed by atoms with Crippen molar-refractivity contribution in [3.8, 4) is 0 Å². The van der Waals surface area contributed by atoms with Crippen molar-refractivity contribution in [2.45, 2.75) is 25.7 Å². The molecule has 0 saturated carbocycles. The lowest BCUT2D eigenvalue weighted by atomic mass is 10.00. The number of amides is 1. The molecule has 1 N–H and O–H groups in total. The molecule has 190 valence electrons. The predicted molar refractivity (Wildman–Crippen MR) is 123 cm³/mol. The van der Waals surface area contributed by atoms with Crippen LogP contribution in [0.4, 0.5) is 17.6 Å². The summed E-state index contributed by atoms with van der Waals surface area (Å²) in [4.78, 5) is 33.0. The van der Waals surface area contributed by atoms with Gasteiger partial charge in [-0.2, -0.15) is 13.2 Å². The lowest BCUT2D eigenvalue weighted by molar-refractivity contribution is -0.192. The summed E-state index contributed by atoms with van der Waals surface area (Å²) in [5.41, 5.74) is 3.67. The average Bonchev–Trinajstić information content (AvgIpc) is 3.33. The highest BCUT2D eigenvalue weighted by molar-refractivity contribution is 6.09. The molecule has 7 nitrogen and oxygen atoms in total. The highest BCUT2D eigenvalue weighted by atomic mass is 19.4. The van der Waals surface area contributed by atoms with E-state index in [2.05, 4.69) is 26.9 Å². The van der Waals surface area contributed by atoms with Crippen LogP contribution >= 0.6 is 0 Å². The molecule has 11 heteroatoms. The van der Waals surface area contributed by atoms with Gasteiger partial charge in [-0.25, -0.2) is 9.18 Å². The summed E-state index contributed by atoms with van der Waals surface area (Å²) in [5.74, 6) is -2.42. The van der Waals surface area contributed by atoms with Crippen molar-refractivity contribution in [1.29, 1.82) is 0 Å². The van der Waals surface area contributed by atoms with Crippen molar-refractivity contribution >= 4 is 17.8 Å². The average molecular weight is 504 g/mol. The highest BCUT2D eigenvalue weighted by Gasteiger charge is 2.41. The molecule has 0 aromatic heterocycles. The number of nitrogens with zero attached hydrogens (tertiary/aromatic N) is 4. The van der Waals surface area contributed by atoms with Crippen molar-refractivity contribution in [2.75, 3.05) is 26.2 Å². The highest BCUT2D eigenvalue weighted by Crippen LogP contribution is 2.32. The van der Waals surface area contributed by atoms with Crippen molar-refractivity contribution in [2.24, 2.45) is 4.99 Å². The van der Waals surface area contributed by atoms with Crippen molar-refractivity contribution in [3.05, 3.63) is 82.8 Å². The molecule has 3 heterocycles. The Morgan fingerprint density at radius 3 is 2.33 bits per heavy atom. The fourth-order valence-corrected chi connectivity index (χ4v) is 4.39. The van der Waals surface area contributed by atoms with Gasteiger partial charge in [-0.1, -0.05) is 48.5 Å². The van der Waals surface area contributed by atoms with Crippen LogP contribution in [-0.4, -0.2) is 70.0 Å². The molecule has 3 aliphatic heterocycles. The lowest BCUT2D eigenvalue weighted by Gasteiger charge is -2.42. The Hall–Kier alpha value is -3.73. The molecule has 5 rings (SSSR count). The zero-order valence-electron chi connectivity index (χ0n) is 19.2. The first-order valence-electron chi connectivity index (χ1n) is 11.3. The third kappa shape index (κ3) is 5.56. The number of aliphatic carboxylic acids is 1. The molecule has 1 amide bonds. The summed E-state index contributed by atoms with van der Waals surface area (Å²) in [5, 5.41) is 7.12. The smallest absolute Gasteiger partial charge is 0.475 e. The zero-order chi connectivity index (χ0) is 25.9. The Labute approximate surface area is 204 Å². The van der Waals surface area contributed by atoms with Crippen LogP contribution in [0.5, 0.6) is 0 Å². The first kappa shape index (κ1) is 25.4. The summed E-state index contributed by atoms with van der Waals surface area (Å²) in [6.07, 6.45) is -4.25. The van der Waals surface area contributed by atoms with Gasteiger partial charge in [0, 0.05) is 43.9 Å². The number of alkyl halides is 3. The minimum atomic E-state index is -5.08. The van der Waals surface area contributed by atoms with Crippen molar-refractivity contribution < 1.29 is 32.3 Å². The Morgan fingerprint density at radius 2 is 1.67 bits per heavy atom. The van der Waals surface area contributed by atoms with E-state index < -0.39 is 12.1 Å². The normalized spacial score (nSPS) is 17.8. The molecule has 0 atom stereocenters. The number of benzene rings is 2. The molecule has 0 spiro atoms. The molecule has 0 unspecified atom stereocenters. The minimum Gasteiger partial charge on any atom is -0.475 e. The predicted octanol–water partition coefficient (Wildman–Crippen LogP) is 3.63. The van der Waals surface area contributed by atoms with Gasteiger partial charge >= 0.3 is 12.1 Å². The van der Waals surface area contributed by atoms with Gasteiger partial charge in [0.2, 0.25) is 5.96 Å². The molecule has 3 aliphatic rings. The molecule has 2 aromatic rings. The maximum atomic E-state index is 14.2. The van der Waals surface area contributed by atoms with E-state index in [4.69, 9.17) is 9.90 Å².